The Bertz CT molecular complexity index is 297. The average Bonchev–Trinajstić information content (AvgIpc) is 2.19. The molecule has 0 fully saturated rings. The minimum absolute atomic E-state index is 0.0411. The van der Waals surface area contributed by atoms with Crippen LogP contribution < -0.4 is 5.32 Å². The molecule has 0 spiro atoms. The highest BCUT2D eigenvalue weighted by Crippen LogP contribution is 1.94. The van der Waals surface area contributed by atoms with Gasteiger partial charge in [0.1, 0.15) is 0 Å². The summed E-state index contributed by atoms with van der Waals surface area (Å²) in [6.45, 7) is 5.41. The van der Waals surface area contributed by atoms with Gasteiger partial charge in [-0.1, -0.05) is 6.08 Å². The van der Waals surface area contributed by atoms with Crippen LogP contribution in [0.5, 0.6) is 0 Å². The summed E-state index contributed by atoms with van der Waals surface area (Å²) < 4.78 is 0. The number of carbonyl (C=O) groups is 1. The van der Waals surface area contributed by atoms with Crippen LogP contribution in [0.1, 0.15) is 17.3 Å². The molecule has 13 heavy (non-hydrogen) atoms. The van der Waals surface area contributed by atoms with Crippen molar-refractivity contribution in [2.75, 3.05) is 0 Å². The third-order valence-electron chi connectivity index (χ3n) is 1.56. The number of hydrogen-bond acceptors (Lipinski definition) is 3. The summed E-state index contributed by atoms with van der Waals surface area (Å²) in [6, 6.07) is 1.57. The Labute approximate surface area is 76.7 Å². The quantitative estimate of drug-likeness (QED) is 0.694. The summed E-state index contributed by atoms with van der Waals surface area (Å²) in [4.78, 5) is 11.4. The second-order valence-electron chi connectivity index (χ2n) is 2.63. The van der Waals surface area contributed by atoms with Crippen LogP contribution in [0.4, 0.5) is 0 Å². The zero-order chi connectivity index (χ0) is 9.68. The van der Waals surface area contributed by atoms with E-state index >= 15 is 0 Å². The molecule has 0 radical (unpaired) electrons. The molecule has 1 N–H and O–H groups in total. The van der Waals surface area contributed by atoms with Gasteiger partial charge in [-0.25, -0.2) is 0 Å². The largest absolute Gasteiger partial charge is 0.346 e. The van der Waals surface area contributed by atoms with E-state index < -0.39 is 0 Å². The van der Waals surface area contributed by atoms with E-state index in [1.807, 2.05) is 6.92 Å². The summed E-state index contributed by atoms with van der Waals surface area (Å²) in [5, 5.41) is 9.90. The molecule has 0 aliphatic carbocycles. The summed E-state index contributed by atoms with van der Waals surface area (Å²) in [5.41, 5.74) is 0.503. The maximum absolute atomic E-state index is 11.4. The molecule has 0 aromatic carbocycles. The highest BCUT2D eigenvalue weighted by Gasteiger charge is 2.06. The molecule has 0 saturated carbocycles. The Morgan fingerprint density at radius 1 is 1.69 bits per heavy atom. The predicted molar refractivity (Wildman–Crippen MR) is 49.2 cm³/mol. The number of carbonyl (C=O) groups excluding carboxylic acids is 1. The molecule has 0 saturated heterocycles. The first-order valence-electron chi connectivity index (χ1n) is 3.94. The standard InChI is InChI=1S/C9H11N3O/c1-3-7(2)12-9(13)8-4-5-10-11-6-8/h3-7H,1H2,2H3,(H,12,13). The Morgan fingerprint density at radius 3 is 3.00 bits per heavy atom. The second-order valence-corrected chi connectivity index (χ2v) is 2.63. The van der Waals surface area contributed by atoms with Crippen molar-refractivity contribution < 1.29 is 4.79 Å². The monoisotopic (exact) mass is 177 g/mol. The van der Waals surface area contributed by atoms with Gasteiger partial charge in [0.05, 0.1) is 18.0 Å². The van der Waals surface area contributed by atoms with Crippen molar-refractivity contribution in [2.45, 2.75) is 13.0 Å². The fraction of sp³-hybridized carbons (Fsp3) is 0.222. The van der Waals surface area contributed by atoms with E-state index in [2.05, 4.69) is 22.1 Å². The van der Waals surface area contributed by atoms with E-state index in [1.165, 1.54) is 12.4 Å². The maximum atomic E-state index is 11.4. The van der Waals surface area contributed by atoms with Gasteiger partial charge in [0, 0.05) is 6.04 Å². The van der Waals surface area contributed by atoms with Gasteiger partial charge in [0.2, 0.25) is 0 Å². The fourth-order valence-electron chi connectivity index (χ4n) is 0.774. The van der Waals surface area contributed by atoms with Gasteiger partial charge in [-0.2, -0.15) is 10.2 Å². The normalized spacial score (nSPS) is 11.8. The van der Waals surface area contributed by atoms with Gasteiger partial charge < -0.3 is 5.32 Å². The Kier molecular flexibility index (Phi) is 3.14. The number of hydrogen-bond donors (Lipinski definition) is 1. The molecule has 1 aromatic rings. The molecule has 1 atom stereocenters. The molecule has 0 bridgehead atoms. The van der Waals surface area contributed by atoms with E-state index in [9.17, 15) is 4.79 Å². The van der Waals surface area contributed by atoms with E-state index in [0.717, 1.165) is 0 Å². The first-order chi connectivity index (χ1) is 6.24. The summed E-state index contributed by atoms with van der Waals surface area (Å²) in [5.74, 6) is -0.165. The molecule has 1 rings (SSSR count). The van der Waals surface area contributed by atoms with Crippen LogP contribution in [0, 0.1) is 0 Å². The van der Waals surface area contributed by atoms with Crippen molar-refractivity contribution in [2.24, 2.45) is 0 Å². The Hall–Kier alpha value is -1.71. The van der Waals surface area contributed by atoms with Crippen LogP contribution in [0.2, 0.25) is 0 Å². The van der Waals surface area contributed by atoms with Gasteiger partial charge in [0.15, 0.2) is 0 Å². The van der Waals surface area contributed by atoms with Crippen molar-refractivity contribution >= 4 is 5.91 Å². The minimum Gasteiger partial charge on any atom is -0.346 e. The zero-order valence-electron chi connectivity index (χ0n) is 7.40. The highest BCUT2D eigenvalue weighted by molar-refractivity contribution is 5.93. The topological polar surface area (TPSA) is 54.9 Å². The van der Waals surface area contributed by atoms with Crippen molar-refractivity contribution in [3.8, 4) is 0 Å². The lowest BCUT2D eigenvalue weighted by Crippen LogP contribution is -2.30. The molecule has 1 unspecified atom stereocenters. The molecule has 1 aromatic heterocycles. The van der Waals surface area contributed by atoms with Gasteiger partial charge in [-0.05, 0) is 13.0 Å². The number of amides is 1. The molecular weight excluding hydrogens is 166 g/mol. The molecule has 4 nitrogen and oxygen atoms in total. The van der Waals surface area contributed by atoms with Gasteiger partial charge >= 0.3 is 0 Å². The van der Waals surface area contributed by atoms with Crippen LogP contribution >= 0.6 is 0 Å². The molecule has 0 aliphatic heterocycles. The second kappa shape index (κ2) is 4.35. The van der Waals surface area contributed by atoms with Crippen molar-refractivity contribution in [1.29, 1.82) is 0 Å². The zero-order valence-corrected chi connectivity index (χ0v) is 7.40. The van der Waals surface area contributed by atoms with E-state index in [1.54, 1.807) is 12.1 Å². The van der Waals surface area contributed by atoms with E-state index in [-0.39, 0.29) is 11.9 Å². The Morgan fingerprint density at radius 2 is 2.46 bits per heavy atom. The minimum atomic E-state index is -0.165. The summed E-state index contributed by atoms with van der Waals surface area (Å²) in [7, 11) is 0. The molecule has 4 heteroatoms. The van der Waals surface area contributed by atoms with Crippen LogP contribution in [0.15, 0.2) is 31.1 Å². The fourth-order valence-corrected chi connectivity index (χ4v) is 0.774. The average molecular weight is 177 g/mol. The van der Waals surface area contributed by atoms with Crippen molar-refractivity contribution in [3.05, 3.63) is 36.7 Å². The Balaban J connectivity index is 2.64. The first-order valence-corrected chi connectivity index (χ1v) is 3.94. The van der Waals surface area contributed by atoms with Gasteiger partial charge in [0.25, 0.3) is 5.91 Å². The molecule has 1 amide bonds. The number of nitrogens with one attached hydrogen (secondary N) is 1. The predicted octanol–water partition coefficient (Wildman–Crippen LogP) is 0.781. The van der Waals surface area contributed by atoms with Crippen molar-refractivity contribution in [3.63, 3.8) is 0 Å². The summed E-state index contributed by atoms with van der Waals surface area (Å²) in [6.07, 6.45) is 4.56. The molecular formula is C9H11N3O. The molecule has 0 aliphatic rings. The number of aromatic nitrogens is 2. The maximum Gasteiger partial charge on any atom is 0.253 e. The number of rotatable bonds is 3. The van der Waals surface area contributed by atoms with Gasteiger partial charge in [-0.15, -0.1) is 6.58 Å². The lowest BCUT2D eigenvalue weighted by molar-refractivity contribution is 0.0946. The van der Waals surface area contributed by atoms with Crippen LogP contribution in [-0.2, 0) is 0 Å². The van der Waals surface area contributed by atoms with Crippen molar-refractivity contribution in [1.82, 2.24) is 15.5 Å². The third kappa shape index (κ3) is 2.66. The molecule has 1 heterocycles. The van der Waals surface area contributed by atoms with Crippen LogP contribution in [0.25, 0.3) is 0 Å². The third-order valence-corrected chi connectivity index (χ3v) is 1.56. The van der Waals surface area contributed by atoms with E-state index in [0.29, 0.717) is 5.56 Å². The lowest BCUT2D eigenvalue weighted by Gasteiger charge is -2.07. The van der Waals surface area contributed by atoms with Crippen LogP contribution in [0.3, 0.4) is 0 Å². The smallest absolute Gasteiger partial charge is 0.253 e. The SMILES string of the molecule is C=CC(C)NC(=O)c1ccnnc1. The summed E-state index contributed by atoms with van der Waals surface area (Å²) >= 11 is 0. The van der Waals surface area contributed by atoms with Crippen LogP contribution in [-0.4, -0.2) is 22.1 Å². The lowest BCUT2D eigenvalue weighted by atomic mass is 10.2. The molecule has 68 valence electrons. The van der Waals surface area contributed by atoms with E-state index in [4.69, 9.17) is 0 Å². The highest BCUT2D eigenvalue weighted by atomic mass is 16.1. The van der Waals surface area contributed by atoms with Gasteiger partial charge in [-0.3, -0.25) is 4.79 Å². The first kappa shape index (κ1) is 9.38. The number of nitrogens with zero attached hydrogens (tertiary/aromatic N) is 2.